The lowest BCUT2D eigenvalue weighted by atomic mass is 9.77. The smallest absolute Gasteiger partial charge is 0.226 e. The van der Waals surface area contributed by atoms with E-state index in [1.807, 2.05) is 37.9 Å². The SMILES string of the molecule is Cc1cccnc1CN1CCN(C(=O)[C@H]2CCCC[C@H]2C(=O)NC(C)(C)C)CC1. The van der Waals surface area contributed by atoms with Crippen molar-refractivity contribution in [3.05, 3.63) is 29.6 Å². The summed E-state index contributed by atoms with van der Waals surface area (Å²) in [7, 11) is 0. The minimum absolute atomic E-state index is 0.0415. The Labute approximate surface area is 175 Å². The molecule has 0 radical (unpaired) electrons. The largest absolute Gasteiger partial charge is 0.351 e. The van der Waals surface area contributed by atoms with Gasteiger partial charge in [-0.1, -0.05) is 18.9 Å². The highest BCUT2D eigenvalue weighted by atomic mass is 16.2. The molecule has 1 aromatic heterocycles. The van der Waals surface area contributed by atoms with Crippen molar-refractivity contribution in [2.24, 2.45) is 11.8 Å². The Kier molecular flexibility index (Phi) is 6.93. The Balaban J connectivity index is 1.57. The lowest BCUT2D eigenvalue weighted by Crippen LogP contribution is -2.53. The van der Waals surface area contributed by atoms with E-state index in [0.29, 0.717) is 0 Å². The third kappa shape index (κ3) is 5.78. The third-order valence-corrected chi connectivity index (χ3v) is 6.09. The standard InChI is InChI=1S/C23H36N4O2/c1-17-8-7-11-24-20(17)16-26-12-14-27(15-13-26)22(29)19-10-6-5-9-18(19)21(28)25-23(2,3)4/h7-8,11,18-19H,5-6,9-10,12-16H2,1-4H3,(H,25,28)/t18-,19+/m1/s1. The van der Waals surface area contributed by atoms with Crippen LogP contribution in [0.1, 0.15) is 57.7 Å². The molecule has 1 N–H and O–H groups in total. The number of amides is 2. The average Bonchev–Trinajstić information content (AvgIpc) is 2.68. The van der Waals surface area contributed by atoms with E-state index in [9.17, 15) is 9.59 Å². The summed E-state index contributed by atoms with van der Waals surface area (Å²) in [6.45, 7) is 12.1. The maximum atomic E-state index is 13.3. The van der Waals surface area contributed by atoms with Gasteiger partial charge in [0, 0.05) is 56.3 Å². The van der Waals surface area contributed by atoms with E-state index in [2.05, 4.69) is 28.2 Å². The molecule has 2 heterocycles. The summed E-state index contributed by atoms with van der Waals surface area (Å²) in [5, 5.41) is 3.09. The Morgan fingerprint density at radius 1 is 1.10 bits per heavy atom. The van der Waals surface area contributed by atoms with Crippen molar-refractivity contribution in [2.45, 2.75) is 65.5 Å². The predicted octanol–water partition coefficient (Wildman–Crippen LogP) is 2.76. The fraction of sp³-hybridized carbons (Fsp3) is 0.696. The van der Waals surface area contributed by atoms with E-state index in [4.69, 9.17) is 0 Å². The van der Waals surface area contributed by atoms with Gasteiger partial charge in [-0.05, 0) is 52.2 Å². The Morgan fingerprint density at radius 3 is 2.38 bits per heavy atom. The van der Waals surface area contributed by atoms with E-state index in [0.717, 1.165) is 64.1 Å². The van der Waals surface area contributed by atoms with Gasteiger partial charge in [-0.15, -0.1) is 0 Å². The van der Waals surface area contributed by atoms with Crippen LogP contribution in [0.5, 0.6) is 0 Å². The summed E-state index contributed by atoms with van der Waals surface area (Å²) in [4.78, 5) is 34.9. The van der Waals surface area contributed by atoms with Crippen LogP contribution in [0.2, 0.25) is 0 Å². The first kappa shape index (κ1) is 21.8. The zero-order valence-corrected chi connectivity index (χ0v) is 18.4. The van der Waals surface area contributed by atoms with Crippen molar-refractivity contribution in [3.63, 3.8) is 0 Å². The second-order valence-corrected chi connectivity index (χ2v) is 9.61. The van der Waals surface area contributed by atoms with Gasteiger partial charge in [-0.2, -0.15) is 0 Å². The third-order valence-electron chi connectivity index (χ3n) is 6.09. The molecule has 3 rings (SSSR count). The minimum Gasteiger partial charge on any atom is -0.351 e. The van der Waals surface area contributed by atoms with Crippen molar-refractivity contribution in [1.82, 2.24) is 20.1 Å². The normalized spacial score (nSPS) is 23.7. The molecule has 1 saturated heterocycles. The number of piperazine rings is 1. The molecule has 0 bridgehead atoms. The van der Waals surface area contributed by atoms with Gasteiger partial charge >= 0.3 is 0 Å². The fourth-order valence-corrected chi connectivity index (χ4v) is 4.46. The van der Waals surface area contributed by atoms with Gasteiger partial charge in [-0.25, -0.2) is 0 Å². The van der Waals surface area contributed by atoms with Gasteiger partial charge in [0.25, 0.3) is 0 Å². The molecule has 1 saturated carbocycles. The molecule has 29 heavy (non-hydrogen) atoms. The molecular weight excluding hydrogens is 364 g/mol. The number of hydrogen-bond donors (Lipinski definition) is 1. The van der Waals surface area contributed by atoms with Crippen molar-refractivity contribution in [1.29, 1.82) is 0 Å². The molecule has 1 aromatic rings. The zero-order valence-electron chi connectivity index (χ0n) is 18.4. The van der Waals surface area contributed by atoms with Gasteiger partial charge in [0.05, 0.1) is 5.69 Å². The first-order valence-electron chi connectivity index (χ1n) is 11.0. The number of rotatable bonds is 4. The van der Waals surface area contributed by atoms with Gasteiger partial charge in [0.15, 0.2) is 0 Å². The number of nitrogens with one attached hydrogen (secondary N) is 1. The fourth-order valence-electron chi connectivity index (χ4n) is 4.46. The van der Waals surface area contributed by atoms with Crippen LogP contribution < -0.4 is 5.32 Å². The van der Waals surface area contributed by atoms with Crippen LogP contribution in [0.3, 0.4) is 0 Å². The molecule has 6 heteroatoms. The van der Waals surface area contributed by atoms with Crippen molar-refractivity contribution in [2.75, 3.05) is 26.2 Å². The van der Waals surface area contributed by atoms with Gasteiger partial charge in [0.1, 0.15) is 0 Å². The molecule has 160 valence electrons. The second-order valence-electron chi connectivity index (χ2n) is 9.61. The Morgan fingerprint density at radius 2 is 1.76 bits per heavy atom. The lowest BCUT2D eigenvalue weighted by molar-refractivity contribution is -0.145. The number of carbonyl (C=O) groups is 2. The Hall–Kier alpha value is -1.95. The monoisotopic (exact) mass is 400 g/mol. The van der Waals surface area contributed by atoms with Crippen LogP contribution in [-0.4, -0.2) is 58.3 Å². The number of aromatic nitrogens is 1. The number of nitrogens with zero attached hydrogens (tertiary/aromatic N) is 3. The van der Waals surface area contributed by atoms with Crippen molar-refractivity contribution in [3.8, 4) is 0 Å². The summed E-state index contributed by atoms with van der Waals surface area (Å²) in [6.07, 6.45) is 5.55. The molecule has 2 atom stereocenters. The molecule has 0 aromatic carbocycles. The van der Waals surface area contributed by atoms with E-state index in [1.165, 1.54) is 5.56 Å². The number of aryl methyl sites for hydroxylation is 1. The van der Waals surface area contributed by atoms with Crippen LogP contribution in [0.25, 0.3) is 0 Å². The highest BCUT2D eigenvalue weighted by Crippen LogP contribution is 2.32. The highest BCUT2D eigenvalue weighted by Gasteiger charge is 2.39. The van der Waals surface area contributed by atoms with E-state index in [1.54, 1.807) is 0 Å². The van der Waals surface area contributed by atoms with E-state index < -0.39 is 0 Å². The second kappa shape index (κ2) is 9.24. The van der Waals surface area contributed by atoms with Gasteiger partial charge in [-0.3, -0.25) is 19.5 Å². The molecule has 0 spiro atoms. The zero-order chi connectivity index (χ0) is 21.0. The number of carbonyl (C=O) groups excluding carboxylic acids is 2. The first-order valence-corrected chi connectivity index (χ1v) is 11.0. The summed E-state index contributed by atoms with van der Waals surface area (Å²) in [6, 6.07) is 4.06. The summed E-state index contributed by atoms with van der Waals surface area (Å²) in [5.41, 5.74) is 2.05. The number of pyridine rings is 1. The topological polar surface area (TPSA) is 65.5 Å². The molecule has 2 amide bonds. The highest BCUT2D eigenvalue weighted by molar-refractivity contribution is 5.88. The van der Waals surface area contributed by atoms with Crippen LogP contribution in [0.4, 0.5) is 0 Å². The molecule has 1 aliphatic carbocycles. The maximum absolute atomic E-state index is 13.3. The Bertz CT molecular complexity index is 720. The molecule has 1 aliphatic heterocycles. The average molecular weight is 401 g/mol. The van der Waals surface area contributed by atoms with Crippen LogP contribution in [-0.2, 0) is 16.1 Å². The van der Waals surface area contributed by atoms with E-state index in [-0.39, 0.29) is 29.2 Å². The maximum Gasteiger partial charge on any atom is 0.226 e. The summed E-state index contributed by atoms with van der Waals surface area (Å²) >= 11 is 0. The first-order chi connectivity index (χ1) is 13.7. The van der Waals surface area contributed by atoms with Crippen molar-refractivity contribution < 1.29 is 9.59 Å². The summed E-state index contributed by atoms with van der Waals surface area (Å²) in [5.74, 6) is -0.146. The molecule has 6 nitrogen and oxygen atoms in total. The number of hydrogen-bond acceptors (Lipinski definition) is 4. The van der Waals surface area contributed by atoms with Gasteiger partial charge < -0.3 is 10.2 Å². The van der Waals surface area contributed by atoms with Crippen LogP contribution in [0, 0.1) is 18.8 Å². The van der Waals surface area contributed by atoms with Crippen LogP contribution in [0.15, 0.2) is 18.3 Å². The molecule has 2 aliphatic rings. The van der Waals surface area contributed by atoms with Crippen molar-refractivity contribution >= 4 is 11.8 Å². The van der Waals surface area contributed by atoms with E-state index >= 15 is 0 Å². The molecule has 2 fully saturated rings. The minimum atomic E-state index is -0.267. The predicted molar refractivity (Wildman–Crippen MR) is 114 cm³/mol. The molecule has 0 unspecified atom stereocenters. The quantitative estimate of drug-likeness (QED) is 0.844. The van der Waals surface area contributed by atoms with Gasteiger partial charge in [0.2, 0.25) is 11.8 Å². The summed E-state index contributed by atoms with van der Waals surface area (Å²) < 4.78 is 0. The van der Waals surface area contributed by atoms with Crippen LogP contribution >= 0.6 is 0 Å². The lowest BCUT2D eigenvalue weighted by Gasteiger charge is -2.39. The molecular formula is C23H36N4O2.